The van der Waals surface area contributed by atoms with E-state index in [9.17, 15) is 4.79 Å². The van der Waals surface area contributed by atoms with Crippen LogP contribution in [0.4, 0.5) is 4.79 Å². The Bertz CT molecular complexity index is 1080. The Hall–Kier alpha value is -2.88. The van der Waals surface area contributed by atoms with Gasteiger partial charge in [0.15, 0.2) is 22.3 Å². The number of aryl methyl sites for hydroxylation is 1. The van der Waals surface area contributed by atoms with Gasteiger partial charge in [0.2, 0.25) is 6.79 Å². The highest BCUT2D eigenvalue weighted by Crippen LogP contribution is 2.49. The van der Waals surface area contributed by atoms with Gasteiger partial charge in [-0.05, 0) is 35.9 Å². The fraction of sp³-hybridized carbons (Fsp3) is 0.300. The van der Waals surface area contributed by atoms with Gasteiger partial charge < -0.3 is 14.2 Å². The summed E-state index contributed by atoms with van der Waals surface area (Å²) in [7, 11) is 4.82. The number of amides is 2. The van der Waals surface area contributed by atoms with Gasteiger partial charge in [-0.25, -0.2) is 4.79 Å². The van der Waals surface area contributed by atoms with Crippen LogP contribution in [-0.4, -0.2) is 49.9 Å². The van der Waals surface area contributed by atoms with Crippen molar-refractivity contribution < 1.29 is 28.4 Å². The fourth-order valence-electron chi connectivity index (χ4n) is 3.84. The third-order valence-corrected chi connectivity index (χ3v) is 6.29. The molecule has 3 aliphatic rings. The number of carbonyl (C=O) groups is 1. The lowest BCUT2D eigenvalue weighted by Gasteiger charge is -2.29. The molecule has 29 heavy (non-hydrogen) atoms. The first-order valence-electron chi connectivity index (χ1n) is 9.17. The molecule has 2 aliphatic heterocycles. The highest BCUT2D eigenvalue weighted by atomic mass is 32.1. The molecule has 1 atom stereocenters. The Morgan fingerprint density at radius 1 is 1.28 bits per heavy atom. The summed E-state index contributed by atoms with van der Waals surface area (Å²) in [6, 6.07) is 5.22. The molecule has 0 saturated heterocycles. The molecule has 8 nitrogen and oxygen atoms in total. The summed E-state index contributed by atoms with van der Waals surface area (Å²) in [6.07, 6.45) is 3.51. The molecule has 1 aromatic heterocycles. The third-order valence-electron chi connectivity index (χ3n) is 5.39. The molecule has 150 valence electrons. The highest BCUT2D eigenvalue weighted by Gasteiger charge is 2.49. The minimum Gasteiger partial charge on any atom is -0.454 e. The average molecular weight is 414 g/mol. The summed E-state index contributed by atoms with van der Waals surface area (Å²) in [5, 5.41) is 8.56. The molecular formula is C20H20N3O5S+. The number of benzene rings is 1. The van der Waals surface area contributed by atoms with Gasteiger partial charge in [0, 0.05) is 18.7 Å². The zero-order valence-corrected chi connectivity index (χ0v) is 17.1. The molecule has 3 heterocycles. The summed E-state index contributed by atoms with van der Waals surface area (Å²) >= 11 is 1.52. The van der Waals surface area contributed by atoms with Crippen LogP contribution < -0.4 is 14.2 Å². The molecule has 1 unspecified atom stereocenters. The molecule has 0 saturated carbocycles. The normalized spacial score (nSPS) is 21.2. The second kappa shape index (κ2) is 6.58. The Balaban J connectivity index is 1.54. The second-order valence-corrected chi connectivity index (χ2v) is 7.92. The van der Waals surface area contributed by atoms with Crippen LogP contribution in [0, 0.1) is 0 Å². The van der Waals surface area contributed by atoms with E-state index in [-0.39, 0.29) is 17.4 Å². The van der Waals surface area contributed by atoms with Crippen LogP contribution >= 0.6 is 11.3 Å². The molecule has 0 radical (unpaired) electrons. The van der Waals surface area contributed by atoms with Crippen LogP contribution in [0.3, 0.4) is 0 Å². The van der Waals surface area contributed by atoms with Crippen LogP contribution in [0.5, 0.6) is 22.3 Å². The SMILES string of the molecule is CON(C)C(=O)[N+]1(C)N=CC2=C1c1c(csc1Oc1ccc3c(c1)OCO3)CC2. The Morgan fingerprint density at radius 3 is 2.93 bits per heavy atom. The topological polar surface area (TPSA) is 69.6 Å². The van der Waals surface area contributed by atoms with Crippen molar-refractivity contribution in [2.24, 2.45) is 5.10 Å². The lowest BCUT2D eigenvalue weighted by atomic mass is 9.92. The average Bonchev–Trinajstić information content (AvgIpc) is 3.44. The zero-order chi connectivity index (χ0) is 20.2. The van der Waals surface area contributed by atoms with Crippen LogP contribution in [-0.2, 0) is 11.3 Å². The number of fused-ring (bicyclic) bond motifs is 3. The minimum atomic E-state index is -0.276. The maximum atomic E-state index is 13.0. The number of ether oxygens (including phenoxy) is 3. The fourth-order valence-corrected chi connectivity index (χ4v) is 4.82. The van der Waals surface area contributed by atoms with E-state index in [0.717, 1.165) is 40.3 Å². The second-order valence-electron chi connectivity index (χ2n) is 7.08. The number of carbonyl (C=O) groups excluding carboxylic acids is 1. The van der Waals surface area contributed by atoms with Crippen LogP contribution in [0.1, 0.15) is 17.5 Å². The quantitative estimate of drug-likeness (QED) is 0.561. The van der Waals surface area contributed by atoms with E-state index in [2.05, 4.69) is 10.5 Å². The zero-order valence-electron chi connectivity index (χ0n) is 16.3. The number of urea groups is 1. The minimum absolute atomic E-state index is 0.214. The van der Waals surface area contributed by atoms with Gasteiger partial charge in [-0.2, -0.15) is 5.06 Å². The van der Waals surface area contributed by atoms with Crippen molar-refractivity contribution in [1.29, 1.82) is 0 Å². The molecule has 2 amide bonds. The summed E-state index contributed by atoms with van der Waals surface area (Å²) in [5.74, 6) is 2.02. The van der Waals surface area contributed by atoms with Crippen molar-refractivity contribution in [3.8, 4) is 22.3 Å². The van der Waals surface area contributed by atoms with Crippen LogP contribution in [0.15, 0.2) is 34.3 Å². The number of nitrogens with zero attached hydrogens (tertiary/aromatic N) is 3. The van der Waals surface area contributed by atoms with Crippen LogP contribution in [0.25, 0.3) is 5.70 Å². The maximum Gasteiger partial charge on any atom is 0.474 e. The van der Waals surface area contributed by atoms with E-state index in [0.29, 0.717) is 17.2 Å². The number of thiophene rings is 1. The number of hydroxylamine groups is 2. The molecular weight excluding hydrogens is 394 g/mol. The number of allylic oxidation sites excluding steroid dienone is 1. The van der Waals surface area contributed by atoms with Gasteiger partial charge in [-0.3, -0.25) is 4.84 Å². The predicted molar refractivity (Wildman–Crippen MR) is 107 cm³/mol. The summed E-state index contributed by atoms with van der Waals surface area (Å²) in [4.78, 5) is 18.2. The van der Waals surface area contributed by atoms with E-state index in [1.165, 1.54) is 23.5 Å². The smallest absolute Gasteiger partial charge is 0.454 e. The van der Waals surface area contributed by atoms with Gasteiger partial charge in [0.25, 0.3) is 0 Å². The molecule has 9 heteroatoms. The first-order valence-corrected chi connectivity index (χ1v) is 10.1. The van der Waals surface area contributed by atoms with E-state index < -0.39 is 0 Å². The van der Waals surface area contributed by atoms with Crippen molar-refractivity contribution in [2.75, 3.05) is 28.0 Å². The molecule has 1 aliphatic carbocycles. The van der Waals surface area contributed by atoms with E-state index in [4.69, 9.17) is 19.0 Å². The van der Waals surface area contributed by atoms with E-state index in [1.807, 2.05) is 18.2 Å². The Labute approximate surface area is 171 Å². The molecule has 0 fully saturated rings. The molecule has 2 aromatic rings. The summed E-state index contributed by atoms with van der Waals surface area (Å²) in [5.41, 5.74) is 3.99. The van der Waals surface area contributed by atoms with Crippen molar-refractivity contribution in [1.82, 2.24) is 5.06 Å². The lowest BCUT2D eigenvalue weighted by Crippen LogP contribution is -2.48. The van der Waals surface area contributed by atoms with Gasteiger partial charge in [-0.15, -0.1) is 11.3 Å². The van der Waals surface area contributed by atoms with Crippen LogP contribution in [0.2, 0.25) is 0 Å². The standard InChI is InChI=1S/C20H20N3O5S/c1-22(25-3)20(24)23(2)18-12(9-21-23)4-5-13-10-29-19(17(13)18)28-14-6-7-15-16(8-14)27-11-26-15/h6-10H,4-5,11H2,1-3H3/q+1. The van der Waals surface area contributed by atoms with E-state index in [1.54, 1.807) is 20.3 Å². The van der Waals surface area contributed by atoms with Gasteiger partial charge in [0.1, 0.15) is 12.8 Å². The lowest BCUT2D eigenvalue weighted by molar-refractivity contribution is -0.766. The van der Waals surface area contributed by atoms with Crippen molar-refractivity contribution >= 4 is 29.3 Å². The Kier molecular flexibility index (Phi) is 4.12. The summed E-state index contributed by atoms with van der Waals surface area (Å²) in [6.45, 7) is 0.214. The summed E-state index contributed by atoms with van der Waals surface area (Å²) < 4.78 is 16.8. The first-order chi connectivity index (χ1) is 14.0. The number of hydrogen-bond donors (Lipinski definition) is 0. The van der Waals surface area contributed by atoms with Gasteiger partial charge >= 0.3 is 6.03 Å². The highest BCUT2D eigenvalue weighted by molar-refractivity contribution is 7.12. The molecule has 0 bridgehead atoms. The molecule has 1 aromatic carbocycles. The maximum absolute atomic E-state index is 13.0. The van der Waals surface area contributed by atoms with E-state index >= 15 is 0 Å². The molecule has 0 spiro atoms. The number of rotatable bonds is 3. The largest absolute Gasteiger partial charge is 0.474 e. The first kappa shape index (κ1) is 18.2. The third kappa shape index (κ3) is 2.73. The number of hydrogen-bond acceptors (Lipinski definition) is 7. The van der Waals surface area contributed by atoms with Gasteiger partial charge in [-0.1, -0.05) is 9.69 Å². The van der Waals surface area contributed by atoms with Crippen molar-refractivity contribution in [3.05, 3.63) is 40.3 Å². The van der Waals surface area contributed by atoms with Crippen molar-refractivity contribution in [3.63, 3.8) is 0 Å². The molecule has 0 N–H and O–H groups in total. The number of quaternary nitrogens is 1. The van der Waals surface area contributed by atoms with Gasteiger partial charge in [0.05, 0.1) is 18.9 Å². The Morgan fingerprint density at radius 2 is 2.10 bits per heavy atom. The van der Waals surface area contributed by atoms with Crippen molar-refractivity contribution in [2.45, 2.75) is 12.8 Å². The molecule has 5 rings (SSSR count). The monoisotopic (exact) mass is 414 g/mol. The predicted octanol–water partition coefficient (Wildman–Crippen LogP) is 3.99.